The molecule has 7 nitrogen and oxygen atoms in total. The Kier molecular flexibility index (Phi) is 6.87. The largest absolute Gasteiger partial charge is 0.491 e. The number of aliphatic hydroxyl groups excluding tert-OH is 2. The highest BCUT2D eigenvalue weighted by molar-refractivity contribution is 6.31. The number of aliphatic hydroxyl groups is 2. The maximum atomic E-state index is 13.4. The Morgan fingerprint density at radius 3 is 2.56 bits per heavy atom. The van der Waals surface area contributed by atoms with Crippen molar-refractivity contribution in [2.24, 2.45) is 0 Å². The zero-order valence-electron chi connectivity index (χ0n) is 19.8. The van der Waals surface area contributed by atoms with Crippen LogP contribution in [0.3, 0.4) is 0 Å². The van der Waals surface area contributed by atoms with Crippen molar-refractivity contribution < 1.29 is 24.5 Å². The normalized spacial score (nSPS) is 16.0. The van der Waals surface area contributed by atoms with E-state index in [1.54, 1.807) is 29.2 Å². The first-order valence-corrected chi connectivity index (χ1v) is 12.2. The Hall–Kier alpha value is -3.52. The van der Waals surface area contributed by atoms with Crippen LogP contribution in [0.2, 0.25) is 5.02 Å². The molecular formula is C28H27ClN2O5. The number of ether oxygens (including phenoxy) is 2. The number of nitrogens with zero attached hydrogens (tertiary/aromatic N) is 1. The molecule has 36 heavy (non-hydrogen) atoms. The quantitative estimate of drug-likeness (QED) is 0.342. The van der Waals surface area contributed by atoms with Crippen LogP contribution in [0.5, 0.6) is 11.5 Å². The number of hydrogen-bond acceptors (Lipinski definition) is 5. The Morgan fingerprint density at radius 1 is 1.11 bits per heavy atom. The third-order valence-electron chi connectivity index (χ3n) is 6.40. The molecule has 0 aliphatic carbocycles. The lowest BCUT2D eigenvalue weighted by Crippen LogP contribution is -2.42. The van der Waals surface area contributed by atoms with E-state index in [-0.39, 0.29) is 13.2 Å². The molecule has 4 aromatic rings. The molecule has 186 valence electrons. The lowest BCUT2D eigenvalue weighted by Gasteiger charge is -2.35. The van der Waals surface area contributed by atoms with Gasteiger partial charge in [-0.25, -0.2) is 4.79 Å². The second-order valence-electron chi connectivity index (χ2n) is 8.95. The van der Waals surface area contributed by atoms with Gasteiger partial charge in [-0.05, 0) is 66.9 Å². The fourth-order valence-electron chi connectivity index (χ4n) is 4.56. The molecule has 0 bridgehead atoms. The summed E-state index contributed by atoms with van der Waals surface area (Å²) >= 11 is 6.29. The molecule has 1 aromatic heterocycles. The minimum absolute atomic E-state index is 0.0127. The van der Waals surface area contributed by atoms with Gasteiger partial charge < -0.3 is 24.7 Å². The van der Waals surface area contributed by atoms with E-state index in [0.717, 1.165) is 33.3 Å². The number of fused-ring (bicyclic) bond motifs is 3. The predicted octanol–water partition coefficient (Wildman–Crippen LogP) is 5.01. The molecule has 2 heterocycles. The van der Waals surface area contributed by atoms with E-state index in [0.29, 0.717) is 29.5 Å². The monoisotopic (exact) mass is 506 g/mol. The van der Waals surface area contributed by atoms with Crippen molar-refractivity contribution in [3.8, 4) is 11.5 Å². The fraction of sp³-hybridized carbons (Fsp3) is 0.250. The Morgan fingerprint density at radius 2 is 1.83 bits per heavy atom. The molecule has 1 aliphatic heterocycles. The third kappa shape index (κ3) is 4.91. The molecule has 0 radical (unpaired) electrons. The molecule has 3 aromatic carbocycles. The first-order chi connectivity index (χ1) is 17.4. The summed E-state index contributed by atoms with van der Waals surface area (Å²) in [7, 11) is 0. The van der Waals surface area contributed by atoms with Crippen molar-refractivity contribution in [3.63, 3.8) is 0 Å². The first kappa shape index (κ1) is 24.2. The number of carbonyl (C=O) groups is 1. The van der Waals surface area contributed by atoms with Crippen LogP contribution < -0.4 is 9.47 Å². The van der Waals surface area contributed by atoms with Gasteiger partial charge in [0.1, 0.15) is 30.3 Å². The number of H-pyrrole nitrogens is 1. The van der Waals surface area contributed by atoms with E-state index < -0.39 is 18.2 Å². The summed E-state index contributed by atoms with van der Waals surface area (Å²) in [6.07, 6.45) is -0.719. The number of carbonyl (C=O) groups excluding carboxylic acids is 1. The van der Waals surface area contributed by atoms with Crippen molar-refractivity contribution in [2.45, 2.75) is 25.5 Å². The third-order valence-corrected chi connectivity index (χ3v) is 6.63. The maximum absolute atomic E-state index is 13.4. The Bertz CT molecular complexity index is 1370. The van der Waals surface area contributed by atoms with Gasteiger partial charge in [0.15, 0.2) is 0 Å². The van der Waals surface area contributed by atoms with Crippen LogP contribution in [0, 0.1) is 6.92 Å². The molecule has 1 amide bonds. The van der Waals surface area contributed by atoms with Gasteiger partial charge in [0, 0.05) is 28.2 Å². The number of aromatic nitrogens is 1. The molecule has 3 N–H and O–H groups in total. The highest BCUT2D eigenvalue weighted by atomic mass is 35.5. The number of aromatic amines is 1. The van der Waals surface area contributed by atoms with Crippen LogP contribution >= 0.6 is 11.6 Å². The van der Waals surface area contributed by atoms with Gasteiger partial charge in [-0.1, -0.05) is 41.4 Å². The first-order valence-electron chi connectivity index (χ1n) is 11.8. The maximum Gasteiger partial charge on any atom is 0.416 e. The van der Waals surface area contributed by atoms with Gasteiger partial charge in [0.2, 0.25) is 0 Å². The fourth-order valence-corrected chi connectivity index (χ4v) is 4.73. The number of amides is 1. The lowest BCUT2D eigenvalue weighted by molar-refractivity contribution is 0.0536. The SMILES string of the molecule is Cc1ccc(OC(=O)N2CCc3c([nH]c4ccc(Cl)cc34)[C@@H]2c2ccc(OC[C@H](O)CO)cc2)cc1. The van der Waals surface area contributed by atoms with Crippen molar-refractivity contribution in [3.05, 3.63) is 94.1 Å². The van der Waals surface area contributed by atoms with E-state index >= 15 is 0 Å². The molecule has 0 saturated heterocycles. The molecule has 5 rings (SSSR count). The van der Waals surface area contributed by atoms with E-state index in [2.05, 4.69) is 4.98 Å². The molecule has 0 fully saturated rings. The number of benzene rings is 3. The summed E-state index contributed by atoms with van der Waals surface area (Å²) in [5.41, 5.74) is 4.97. The van der Waals surface area contributed by atoms with Crippen LogP contribution in [0.25, 0.3) is 10.9 Å². The Labute approximate surface area is 213 Å². The second-order valence-corrected chi connectivity index (χ2v) is 9.39. The van der Waals surface area contributed by atoms with Gasteiger partial charge in [-0.3, -0.25) is 4.90 Å². The van der Waals surface area contributed by atoms with Crippen molar-refractivity contribution in [1.82, 2.24) is 9.88 Å². The van der Waals surface area contributed by atoms with Gasteiger partial charge in [0.05, 0.1) is 6.61 Å². The van der Waals surface area contributed by atoms with Gasteiger partial charge in [-0.2, -0.15) is 0 Å². The van der Waals surface area contributed by atoms with Crippen LogP contribution in [-0.2, 0) is 6.42 Å². The molecule has 0 saturated carbocycles. The number of aryl methyl sites for hydroxylation is 1. The number of hydrogen-bond donors (Lipinski definition) is 3. The molecule has 0 spiro atoms. The highest BCUT2D eigenvalue weighted by Crippen LogP contribution is 2.40. The minimum Gasteiger partial charge on any atom is -0.491 e. The van der Waals surface area contributed by atoms with Gasteiger partial charge in [0.25, 0.3) is 0 Å². The lowest BCUT2D eigenvalue weighted by atomic mass is 9.92. The molecule has 0 unspecified atom stereocenters. The Balaban J connectivity index is 1.50. The summed E-state index contributed by atoms with van der Waals surface area (Å²) in [4.78, 5) is 18.6. The highest BCUT2D eigenvalue weighted by Gasteiger charge is 2.35. The topological polar surface area (TPSA) is 95.0 Å². The van der Waals surface area contributed by atoms with Crippen LogP contribution in [0.4, 0.5) is 4.79 Å². The average molecular weight is 507 g/mol. The van der Waals surface area contributed by atoms with E-state index in [1.807, 2.05) is 49.4 Å². The van der Waals surface area contributed by atoms with E-state index in [1.165, 1.54) is 0 Å². The number of halogens is 1. The van der Waals surface area contributed by atoms with Crippen LogP contribution in [-0.4, -0.2) is 52.1 Å². The minimum atomic E-state index is -0.948. The standard InChI is InChI=1S/C28H27ClN2O5/c1-17-2-7-22(8-3-17)36-28(34)31-13-12-23-24-14-19(29)6-11-25(24)30-26(23)27(31)18-4-9-21(10-5-18)35-16-20(33)15-32/h2-11,14,20,27,30,32-33H,12-13,15-16H2,1H3/t20-,27+/m1/s1. The zero-order chi connectivity index (χ0) is 25.2. The summed E-state index contributed by atoms with van der Waals surface area (Å²) in [6.45, 7) is 2.07. The molecule has 1 aliphatic rings. The van der Waals surface area contributed by atoms with E-state index in [4.69, 9.17) is 26.2 Å². The summed E-state index contributed by atoms with van der Waals surface area (Å²) in [5, 5.41) is 20.3. The predicted molar refractivity (Wildman–Crippen MR) is 138 cm³/mol. The average Bonchev–Trinajstić information content (AvgIpc) is 3.26. The smallest absolute Gasteiger partial charge is 0.416 e. The van der Waals surface area contributed by atoms with E-state index in [9.17, 15) is 9.90 Å². The second kappa shape index (κ2) is 10.2. The summed E-state index contributed by atoms with van der Waals surface area (Å²) < 4.78 is 11.3. The molecular weight excluding hydrogens is 480 g/mol. The van der Waals surface area contributed by atoms with Crippen LogP contribution in [0.15, 0.2) is 66.7 Å². The summed E-state index contributed by atoms with van der Waals surface area (Å²) in [5.74, 6) is 1.05. The molecule has 2 atom stereocenters. The van der Waals surface area contributed by atoms with Crippen molar-refractivity contribution in [1.29, 1.82) is 0 Å². The van der Waals surface area contributed by atoms with Gasteiger partial charge in [-0.15, -0.1) is 0 Å². The van der Waals surface area contributed by atoms with Crippen molar-refractivity contribution in [2.75, 3.05) is 19.8 Å². The number of nitrogens with one attached hydrogen (secondary N) is 1. The van der Waals surface area contributed by atoms with Crippen molar-refractivity contribution >= 4 is 28.6 Å². The molecule has 8 heteroatoms. The zero-order valence-corrected chi connectivity index (χ0v) is 20.5. The summed E-state index contributed by atoms with van der Waals surface area (Å²) in [6, 6.07) is 20.1. The number of rotatable bonds is 6. The van der Waals surface area contributed by atoms with Crippen LogP contribution in [0.1, 0.15) is 28.4 Å². The van der Waals surface area contributed by atoms with Gasteiger partial charge >= 0.3 is 6.09 Å².